The number of hydrogen-bond donors (Lipinski definition) is 1. The zero-order valence-electron chi connectivity index (χ0n) is 13.2. The summed E-state index contributed by atoms with van der Waals surface area (Å²) in [6, 6.07) is 8.72. The molecule has 8 heteroatoms. The van der Waals surface area contributed by atoms with E-state index in [0.717, 1.165) is 11.3 Å². The minimum absolute atomic E-state index is 0.320. The van der Waals surface area contributed by atoms with Gasteiger partial charge in [0.25, 0.3) is 0 Å². The number of hydrogen-bond acceptors (Lipinski definition) is 6. The van der Waals surface area contributed by atoms with Crippen molar-refractivity contribution in [3.8, 4) is 17.0 Å². The van der Waals surface area contributed by atoms with Gasteiger partial charge in [-0.05, 0) is 30.3 Å². The zero-order valence-corrected chi connectivity index (χ0v) is 13.2. The summed E-state index contributed by atoms with van der Waals surface area (Å²) < 4.78 is 5.62. The monoisotopic (exact) mass is 334 g/mol. The fourth-order valence-corrected chi connectivity index (χ4v) is 2.51. The van der Waals surface area contributed by atoms with Crippen molar-refractivity contribution in [1.82, 2.24) is 19.9 Å². The molecule has 2 amide bonds. The highest BCUT2D eigenvalue weighted by Gasteiger charge is 2.26. The Morgan fingerprint density at radius 2 is 2.12 bits per heavy atom. The number of anilines is 2. The summed E-state index contributed by atoms with van der Waals surface area (Å²) in [6.07, 6.45) is 6.37. The second-order valence-corrected chi connectivity index (χ2v) is 5.28. The number of nitrogens with one attached hydrogen (secondary N) is 1. The molecule has 0 radical (unpaired) electrons. The summed E-state index contributed by atoms with van der Waals surface area (Å²) in [4.78, 5) is 30.7. The molecule has 0 atom stereocenters. The van der Waals surface area contributed by atoms with Crippen LogP contribution in [0.1, 0.15) is 0 Å². The van der Waals surface area contributed by atoms with Gasteiger partial charge >= 0.3 is 6.03 Å². The van der Waals surface area contributed by atoms with Gasteiger partial charge in [0.05, 0.1) is 12.2 Å². The number of pyridine rings is 2. The molecule has 0 spiro atoms. The maximum absolute atomic E-state index is 12.6. The summed E-state index contributed by atoms with van der Waals surface area (Å²) in [5.41, 5.74) is 1.59. The Bertz CT molecular complexity index is 888. The van der Waals surface area contributed by atoms with E-state index in [0.29, 0.717) is 30.5 Å². The maximum atomic E-state index is 12.6. The largest absolute Gasteiger partial charge is 0.488 e. The molecule has 8 nitrogen and oxygen atoms in total. The Balaban J connectivity index is 1.65. The van der Waals surface area contributed by atoms with E-state index in [4.69, 9.17) is 4.74 Å². The Morgan fingerprint density at radius 1 is 1.16 bits per heavy atom. The second kappa shape index (κ2) is 6.52. The van der Waals surface area contributed by atoms with Crippen molar-refractivity contribution in [2.24, 2.45) is 0 Å². The van der Waals surface area contributed by atoms with Gasteiger partial charge in [-0.15, -0.1) is 0 Å². The van der Waals surface area contributed by atoms with E-state index >= 15 is 0 Å². The van der Waals surface area contributed by atoms with Crippen LogP contribution in [-0.2, 0) is 0 Å². The van der Waals surface area contributed by atoms with Crippen LogP contribution < -0.4 is 15.0 Å². The summed E-state index contributed by atoms with van der Waals surface area (Å²) in [5, 5.41) is 2.74. The van der Waals surface area contributed by atoms with Gasteiger partial charge in [0.1, 0.15) is 18.8 Å². The predicted molar refractivity (Wildman–Crippen MR) is 91.4 cm³/mol. The summed E-state index contributed by atoms with van der Waals surface area (Å²) in [7, 11) is 0. The number of carbonyl (C=O) groups excluding carboxylic acids is 1. The summed E-state index contributed by atoms with van der Waals surface area (Å²) >= 11 is 0. The molecule has 0 aromatic carbocycles. The van der Waals surface area contributed by atoms with Crippen LogP contribution in [0.15, 0.2) is 55.2 Å². The van der Waals surface area contributed by atoms with Crippen molar-refractivity contribution in [2.75, 3.05) is 23.4 Å². The third-order valence-corrected chi connectivity index (χ3v) is 3.69. The van der Waals surface area contributed by atoms with Gasteiger partial charge in [0.2, 0.25) is 0 Å². The lowest BCUT2D eigenvalue weighted by Gasteiger charge is -2.28. The van der Waals surface area contributed by atoms with Crippen molar-refractivity contribution in [1.29, 1.82) is 0 Å². The van der Waals surface area contributed by atoms with E-state index < -0.39 is 0 Å². The van der Waals surface area contributed by atoms with Crippen LogP contribution in [0.2, 0.25) is 0 Å². The fraction of sp³-hybridized carbons (Fsp3) is 0.118. The van der Waals surface area contributed by atoms with E-state index in [1.807, 2.05) is 24.3 Å². The highest BCUT2D eigenvalue weighted by molar-refractivity contribution is 6.01. The van der Waals surface area contributed by atoms with E-state index in [1.54, 1.807) is 29.6 Å². The first kappa shape index (κ1) is 15.0. The predicted octanol–water partition coefficient (Wildman–Crippen LogP) is 2.36. The molecule has 0 saturated carbocycles. The molecule has 1 N–H and O–H groups in total. The maximum Gasteiger partial charge on any atom is 0.328 e. The molecule has 0 saturated heterocycles. The third kappa shape index (κ3) is 3.09. The minimum atomic E-state index is -0.320. The summed E-state index contributed by atoms with van der Waals surface area (Å²) in [5.74, 6) is 1.47. The number of rotatable bonds is 2. The van der Waals surface area contributed by atoms with Crippen LogP contribution >= 0.6 is 0 Å². The quantitative estimate of drug-likeness (QED) is 0.773. The highest BCUT2D eigenvalue weighted by atomic mass is 16.5. The van der Waals surface area contributed by atoms with E-state index in [9.17, 15) is 4.79 Å². The van der Waals surface area contributed by atoms with Crippen LogP contribution in [0.25, 0.3) is 11.3 Å². The molecular formula is C17H14N6O2. The van der Waals surface area contributed by atoms with E-state index in [-0.39, 0.29) is 6.03 Å². The van der Waals surface area contributed by atoms with Crippen LogP contribution in [0.4, 0.5) is 16.4 Å². The van der Waals surface area contributed by atoms with Gasteiger partial charge in [0, 0.05) is 24.2 Å². The fourth-order valence-electron chi connectivity index (χ4n) is 2.51. The van der Waals surface area contributed by atoms with Gasteiger partial charge in [-0.2, -0.15) is 0 Å². The number of carbonyl (C=O) groups is 1. The molecule has 0 unspecified atom stereocenters. The van der Waals surface area contributed by atoms with Crippen molar-refractivity contribution in [3.63, 3.8) is 0 Å². The molecule has 1 aliphatic rings. The van der Waals surface area contributed by atoms with Gasteiger partial charge in [0.15, 0.2) is 11.6 Å². The van der Waals surface area contributed by atoms with Crippen LogP contribution in [0.3, 0.4) is 0 Å². The van der Waals surface area contributed by atoms with Crippen molar-refractivity contribution >= 4 is 17.7 Å². The van der Waals surface area contributed by atoms with Crippen molar-refractivity contribution < 1.29 is 9.53 Å². The lowest BCUT2D eigenvalue weighted by molar-refractivity contribution is 0.249. The molecule has 124 valence electrons. The number of fused-ring (bicyclic) bond motifs is 1. The van der Waals surface area contributed by atoms with Crippen LogP contribution in [-0.4, -0.2) is 39.1 Å². The first-order valence-corrected chi connectivity index (χ1v) is 7.70. The Kier molecular flexibility index (Phi) is 3.91. The molecule has 1 aliphatic heterocycles. The van der Waals surface area contributed by atoms with Gasteiger partial charge in [-0.3, -0.25) is 15.2 Å². The third-order valence-electron chi connectivity index (χ3n) is 3.69. The van der Waals surface area contributed by atoms with Crippen LogP contribution in [0.5, 0.6) is 5.75 Å². The van der Waals surface area contributed by atoms with Crippen molar-refractivity contribution in [3.05, 3.63) is 55.2 Å². The van der Waals surface area contributed by atoms with Gasteiger partial charge in [-0.25, -0.2) is 19.7 Å². The Morgan fingerprint density at radius 3 is 2.92 bits per heavy atom. The Hall–Kier alpha value is -3.55. The Labute approximate surface area is 143 Å². The van der Waals surface area contributed by atoms with E-state index in [1.165, 1.54) is 6.33 Å². The SMILES string of the molecule is O=C(Nc1ccncn1)N1CCOc2ccc(-c3cccnc3)nc21. The van der Waals surface area contributed by atoms with E-state index in [2.05, 4.69) is 25.3 Å². The molecule has 0 aliphatic carbocycles. The molecular weight excluding hydrogens is 320 g/mol. The van der Waals surface area contributed by atoms with Gasteiger partial charge in [-0.1, -0.05) is 0 Å². The lowest BCUT2D eigenvalue weighted by Crippen LogP contribution is -2.41. The second-order valence-electron chi connectivity index (χ2n) is 5.28. The number of amides is 2. The number of ether oxygens (including phenoxy) is 1. The first-order chi connectivity index (χ1) is 12.3. The molecule has 25 heavy (non-hydrogen) atoms. The molecule has 0 fully saturated rings. The van der Waals surface area contributed by atoms with Crippen molar-refractivity contribution in [2.45, 2.75) is 0 Å². The topological polar surface area (TPSA) is 93.1 Å². The number of aromatic nitrogens is 4. The first-order valence-electron chi connectivity index (χ1n) is 7.70. The minimum Gasteiger partial charge on any atom is -0.488 e. The number of nitrogens with zero attached hydrogens (tertiary/aromatic N) is 5. The average molecular weight is 334 g/mol. The van der Waals surface area contributed by atoms with Gasteiger partial charge < -0.3 is 4.74 Å². The molecule has 4 heterocycles. The average Bonchev–Trinajstić information content (AvgIpc) is 2.68. The number of urea groups is 1. The normalized spacial score (nSPS) is 12.9. The van der Waals surface area contributed by atoms with Crippen LogP contribution in [0, 0.1) is 0 Å². The smallest absolute Gasteiger partial charge is 0.328 e. The zero-order chi connectivity index (χ0) is 17.1. The molecule has 3 aromatic heterocycles. The lowest BCUT2D eigenvalue weighted by atomic mass is 10.2. The summed E-state index contributed by atoms with van der Waals surface area (Å²) in [6.45, 7) is 0.797. The highest BCUT2D eigenvalue weighted by Crippen LogP contribution is 2.32. The standard InChI is InChI=1S/C17H14N6O2/c24-17(22-15-5-7-19-11-20-15)23-8-9-25-14-4-3-13(21-16(14)23)12-2-1-6-18-10-12/h1-7,10-11H,8-9H2,(H,19,20,22,24). The molecule has 0 bridgehead atoms. The molecule has 4 rings (SSSR count). The molecule has 3 aromatic rings.